The lowest BCUT2D eigenvalue weighted by atomic mass is 10.2. The summed E-state index contributed by atoms with van der Waals surface area (Å²) in [4.78, 5) is 47.2. The Morgan fingerprint density at radius 3 is 2.43 bits per heavy atom. The Bertz CT molecular complexity index is 1200. The van der Waals surface area contributed by atoms with E-state index in [9.17, 15) is 24.5 Å². The minimum Gasteiger partial charge on any atom is -0.465 e. The van der Waals surface area contributed by atoms with Crippen molar-refractivity contribution in [3.63, 3.8) is 0 Å². The molecule has 3 aromatic rings. The van der Waals surface area contributed by atoms with Crippen LogP contribution in [0.1, 0.15) is 26.5 Å². The fourth-order valence-corrected chi connectivity index (χ4v) is 2.74. The molecule has 1 amide bonds. The summed E-state index contributed by atoms with van der Waals surface area (Å²) in [5, 5.41) is 17.9. The maximum Gasteiger partial charge on any atom is 0.337 e. The van der Waals surface area contributed by atoms with Gasteiger partial charge in [-0.15, -0.1) is 0 Å². The zero-order valence-corrected chi connectivity index (χ0v) is 16.0. The number of carbonyl (C=O) groups is 2. The lowest BCUT2D eigenvalue weighted by molar-refractivity contribution is -0.384. The van der Waals surface area contributed by atoms with Crippen molar-refractivity contribution in [2.45, 2.75) is 6.92 Å². The van der Waals surface area contributed by atoms with Crippen molar-refractivity contribution in [1.29, 1.82) is 0 Å². The molecular formula is C20H16N4O6. The van der Waals surface area contributed by atoms with Gasteiger partial charge in [-0.1, -0.05) is 12.1 Å². The van der Waals surface area contributed by atoms with Gasteiger partial charge >= 0.3 is 5.97 Å². The van der Waals surface area contributed by atoms with Gasteiger partial charge in [0.05, 0.1) is 17.6 Å². The van der Waals surface area contributed by atoms with Crippen LogP contribution in [0.5, 0.6) is 0 Å². The van der Waals surface area contributed by atoms with Crippen LogP contribution in [-0.4, -0.2) is 33.7 Å². The number of amides is 1. The molecule has 0 unspecified atom stereocenters. The molecule has 10 nitrogen and oxygen atoms in total. The number of hydrogen-bond acceptors (Lipinski definition) is 7. The number of nitrogens with zero attached hydrogens (tertiary/aromatic N) is 3. The van der Waals surface area contributed by atoms with Crippen molar-refractivity contribution in [1.82, 2.24) is 9.78 Å². The van der Waals surface area contributed by atoms with Crippen molar-refractivity contribution < 1.29 is 19.2 Å². The second-order valence-electron chi connectivity index (χ2n) is 6.18. The smallest absolute Gasteiger partial charge is 0.337 e. The second-order valence-corrected chi connectivity index (χ2v) is 6.18. The number of ether oxygens (including phenoxy) is 1. The van der Waals surface area contributed by atoms with E-state index in [4.69, 9.17) is 0 Å². The van der Waals surface area contributed by atoms with Crippen LogP contribution in [0.4, 0.5) is 11.4 Å². The number of hydrogen-bond donors (Lipinski definition) is 1. The lowest BCUT2D eigenvalue weighted by Crippen LogP contribution is -2.27. The van der Waals surface area contributed by atoms with Crippen LogP contribution in [0.3, 0.4) is 0 Å². The first kappa shape index (κ1) is 20.4. The average Bonchev–Trinajstić information content (AvgIpc) is 2.73. The predicted molar refractivity (Wildman–Crippen MR) is 107 cm³/mol. The zero-order valence-electron chi connectivity index (χ0n) is 16.0. The predicted octanol–water partition coefficient (Wildman–Crippen LogP) is 2.49. The minimum atomic E-state index is -0.793. The number of anilines is 1. The van der Waals surface area contributed by atoms with Crippen LogP contribution >= 0.6 is 0 Å². The molecule has 10 heteroatoms. The van der Waals surface area contributed by atoms with Crippen molar-refractivity contribution in [3.8, 4) is 5.69 Å². The summed E-state index contributed by atoms with van der Waals surface area (Å²) < 4.78 is 5.78. The fraction of sp³-hybridized carbons (Fsp3) is 0.100. The Morgan fingerprint density at radius 1 is 1.13 bits per heavy atom. The highest BCUT2D eigenvalue weighted by atomic mass is 16.6. The van der Waals surface area contributed by atoms with Gasteiger partial charge in [0.2, 0.25) is 5.43 Å². The first-order valence-electron chi connectivity index (χ1n) is 8.66. The molecule has 0 aliphatic carbocycles. The van der Waals surface area contributed by atoms with Gasteiger partial charge in [-0.3, -0.25) is 19.7 Å². The molecular weight excluding hydrogens is 392 g/mol. The van der Waals surface area contributed by atoms with E-state index in [1.54, 1.807) is 13.0 Å². The number of nitrogens with one attached hydrogen (secondary N) is 1. The summed E-state index contributed by atoms with van der Waals surface area (Å²) in [6.07, 6.45) is 0. The number of para-hydroxylation sites is 2. The molecule has 0 saturated carbocycles. The largest absolute Gasteiger partial charge is 0.465 e. The van der Waals surface area contributed by atoms with Gasteiger partial charge in [-0.05, 0) is 37.3 Å². The second kappa shape index (κ2) is 8.35. The Balaban J connectivity index is 1.96. The van der Waals surface area contributed by atoms with Gasteiger partial charge in [-0.2, -0.15) is 5.10 Å². The van der Waals surface area contributed by atoms with E-state index in [1.165, 1.54) is 60.3 Å². The first-order valence-corrected chi connectivity index (χ1v) is 8.66. The van der Waals surface area contributed by atoms with Crippen LogP contribution in [0.25, 0.3) is 5.69 Å². The van der Waals surface area contributed by atoms with Crippen LogP contribution in [-0.2, 0) is 4.74 Å². The molecule has 152 valence electrons. The average molecular weight is 408 g/mol. The van der Waals surface area contributed by atoms with E-state index < -0.39 is 27.9 Å². The summed E-state index contributed by atoms with van der Waals surface area (Å²) in [5.74, 6) is -1.32. The molecule has 0 aliphatic rings. The zero-order chi connectivity index (χ0) is 21.8. The van der Waals surface area contributed by atoms with E-state index in [0.717, 1.165) is 0 Å². The Morgan fingerprint density at radius 2 is 1.80 bits per heavy atom. The highest BCUT2D eigenvalue weighted by Crippen LogP contribution is 2.22. The summed E-state index contributed by atoms with van der Waals surface area (Å²) >= 11 is 0. The molecule has 0 saturated heterocycles. The first-order chi connectivity index (χ1) is 14.3. The number of rotatable bonds is 5. The summed E-state index contributed by atoms with van der Waals surface area (Å²) in [7, 11) is 1.25. The molecule has 0 bridgehead atoms. The van der Waals surface area contributed by atoms with Crippen LogP contribution in [0.2, 0.25) is 0 Å². The standard InChI is InChI=1S/C20H16N4O6/c1-12-11-17(25)18(22-23(12)15-5-3-4-6-16(15)24(28)29)19(26)21-14-9-7-13(8-10-14)20(27)30-2/h3-11H,1-2H3,(H,21,26). The third-order valence-electron chi connectivity index (χ3n) is 4.19. The number of carbonyl (C=O) groups excluding carboxylic acids is 2. The Labute approximate surface area is 169 Å². The molecule has 1 aromatic heterocycles. The molecule has 0 atom stereocenters. The molecule has 1 N–H and O–H groups in total. The summed E-state index contributed by atoms with van der Waals surface area (Å²) in [5.41, 5.74) is -0.220. The van der Waals surface area contributed by atoms with Gasteiger partial charge in [-0.25, -0.2) is 9.48 Å². The number of nitro groups is 1. The van der Waals surface area contributed by atoms with Gasteiger partial charge < -0.3 is 10.1 Å². The number of methoxy groups -OCH3 is 1. The van der Waals surface area contributed by atoms with E-state index in [1.807, 2.05) is 0 Å². The van der Waals surface area contributed by atoms with Crippen LogP contribution < -0.4 is 10.7 Å². The van der Waals surface area contributed by atoms with Crippen LogP contribution in [0, 0.1) is 17.0 Å². The maximum absolute atomic E-state index is 12.6. The molecule has 0 fully saturated rings. The summed E-state index contributed by atoms with van der Waals surface area (Å²) in [6, 6.07) is 12.9. The van der Waals surface area contributed by atoms with E-state index in [-0.39, 0.29) is 11.4 Å². The highest BCUT2D eigenvalue weighted by molar-refractivity contribution is 6.03. The van der Waals surface area contributed by atoms with Gasteiger partial charge in [0.1, 0.15) is 5.69 Å². The van der Waals surface area contributed by atoms with Gasteiger partial charge in [0.25, 0.3) is 11.6 Å². The van der Waals surface area contributed by atoms with E-state index >= 15 is 0 Å². The molecule has 3 rings (SSSR count). The number of nitro benzene ring substituents is 1. The topological polar surface area (TPSA) is 133 Å². The van der Waals surface area contributed by atoms with Gasteiger partial charge in [0, 0.05) is 23.5 Å². The molecule has 30 heavy (non-hydrogen) atoms. The van der Waals surface area contributed by atoms with Crippen molar-refractivity contribution >= 4 is 23.3 Å². The number of aryl methyl sites for hydroxylation is 1. The SMILES string of the molecule is COC(=O)c1ccc(NC(=O)c2nn(-c3ccccc3[N+](=O)[O-])c(C)cc2=O)cc1. The molecule has 0 spiro atoms. The van der Waals surface area contributed by atoms with E-state index in [0.29, 0.717) is 16.9 Å². The van der Waals surface area contributed by atoms with Crippen molar-refractivity contribution in [2.24, 2.45) is 0 Å². The molecule has 0 radical (unpaired) electrons. The maximum atomic E-state index is 12.6. The minimum absolute atomic E-state index is 0.122. The Hall–Kier alpha value is -4.34. The van der Waals surface area contributed by atoms with Crippen molar-refractivity contribution in [3.05, 3.63) is 91.9 Å². The quantitative estimate of drug-likeness (QED) is 0.389. The number of benzene rings is 2. The number of aromatic nitrogens is 2. The normalized spacial score (nSPS) is 10.3. The van der Waals surface area contributed by atoms with E-state index in [2.05, 4.69) is 15.2 Å². The number of esters is 1. The highest BCUT2D eigenvalue weighted by Gasteiger charge is 2.20. The molecule has 0 aliphatic heterocycles. The van der Waals surface area contributed by atoms with Gasteiger partial charge in [0.15, 0.2) is 5.69 Å². The lowest BCUT2D eigenvalue weighted by Gasteiger charge is -2.11. The summed E-state index contributed by atoms with van der Waals surface area (Å²) in [6.45, 7) is 1.55. The molecule has 2 aromatic carbocycles. The van der Waals surface area contributed by atoms with Crippen LogP contribution in [0.15, 0.2) is 59.4 Å². The Kier molecular flexibility index (Phi) is 5.68. The monoisotopic (exact) mass is 408 g/mol. The molecule has 1 heterocycles. The fourth-order valence-electron chi connectivity index (χ4n) is 2.74. The third-order valence-corrected chi connectivity index (χ3v) is 4.19. The third kappa shape index (κ3) is 4.07. The van der Waals surface area contributed by atoms with Crippen molar-refractivity contribution in [2.75, 3.05) is 12.4 Å².